The van der Waals surface area contributed by atoms with Crippen LogP contribution in [0.15, 0.2) is 28.7 Å². The summed E-state index contributed by atoms with van der Waals surface area (Å²) in [5, 5.41) is 12.2. The smallest absolute Gasteiger partial charge is 0.220 e. The molecular formula is C15H22BrNO2. The second-order valence-electron chi connectivity index (χ2n) is 5.12. The highest BCUT2D eigenvalue weighted by Gasteiger charge is 2.08. The van der Waals surface area contributed by atoms with Gasteiger partial charge >= 0.3 is 0 Å². The number of nitrogens with one attached hydrogen (secondary N) is 1. The Morgan fingerprint density at radius 3 is 2.79 bits per heavy atom. The zero-order chi connectivity index (χ0) is 14.3. The van der Waals surface area contributed by atoms with Crippen molar-refractivity contribution >= 4 is 21.8 Å². The van der Waals surface area contributed by atoms with E-state index < -0.39 is 0 Å². The predicted octanol–water partition coefficient (Wildman–Crippen LogP) is 2.90. The van der Waals surface area contributed by atoms with Crippen LogP contribution in [0.2, 0.25) is 0 Å². The fraction of sp³-hybridized carbons (Fsp3) is 0.533. The van der Waals surface area contributed by atoms with Crippen LogP contribution in [0.5, 0.6) is 0 Å². The Labute approximate surface area is 123 Å². The van der Waals surface area contributed by atoms with E-state index in [-0.39, 0.29) is 12.0 Å². The Kier molecular flexibility index (Phi) is 7.10. The number of aliphatic hydroxyl groups excluding tert-OH is 1. The first kappa shape index (κ1) is 16.2. The van der Waals surface area contributed by atoms with Crippen LogP contribution in [0, 0.1) is 5.92 Å². The Hall–Kier alpha value is -0.870. The van der Waals surface area contributed by atoms with Gasteiger partial charge in [0.05, 0.1) is 6.10 Å². The van der Waals surface area contributed by atoms with Crippen molar-refractivity contribution in [2.45, 2.75) is 39.2 Å². The van der Waals surface area contributed by atoms with Crippen LogP contribution in [0.25, 0.3) is 0 Å². The molecule has 2 unspecified atom stereocenters. The van der Waals surface area contributed by atoms with Crippen LogP contribution in [-0.4, -0.2) is 23.7 Å². The summed E-state index contributed by atoms with van der Waals surface area (Å²) in [5.41, 5.74) is 1.15. The molecule has 0 aliphatic heterocycles. The summed E-state index contributed by atoms with van der Waals surface area (Å²) in [6.07, 6.45) is 1.65. The van der Waals surface area contributed by atoms with Gasteiger partial charge in [-0.15, -0.1) is 0 Å². The van der Waals surface area contributed by atoms with Crippen LogP contribution in [0.4, 0.5) is 0 Å². The molecule has 1 amide bonds. The lowest BCUT2D eigenvalue weighted by molar-refractivity contribution is -0.121. The minimum Gasteiger partial charge on any atom is -0.393 e. The quantitative estimate of drug-likeness (QED) is 0.809. The second-order valence-corrected chi connectivity index (χ2v) is 6.04. The number of rotatable bonds is 7. The summed E-state index contributed by atoms with van der Waals surface area (Å²) in [6.45, 7) is 4.43. The maximum atomic E-state index is 11.7. The highest BCUT2D eigenvalue weighted by atomic mass is 79.9. The van der Waals surface area contributed by atoms with Gasteiger partial charge in [0, 0.05) is 17.4 Å². The number of carbonyl (C=O) groups is 1. The molecule has 0 aliphatic rings. The van der Waals surface area contributed by atoms with Crippen LogP contribution >= 0.6 is 15.9 Å². The van der Waals surface area contributed by atoms with Gasteiger partial charge in [0.1, 0.15) is 0 Å². The van der Waals surface area contributed by atoms with Gasteiger partial charge in [-0.1, -0.05) is 35.0 Å². The normalized spacial score (nSPS) is 13.9. The van der Waals surface area contributed by atoms with Crippen molar-refractivity contribution in [3.63, 3.8) is 0 Å². The van der Waals surface area contributed by atoms with Gasteiger partial charge in [-0.05, 0) is 43.4 Å². The van der Waals surface area contributed by atoms with Crippen LogP contribution in [0.1, 0.15) is 32.3 Å². The van der Waals surface area contributed by atoms with E-state index in [0.29, 0.717) is 25.3 Å². The summed E-state index contributed by atoms with van der Waals surface area (Å²) < 4.78 is 1.04. The lowest BCUT2D eigenvalue weighted by Crippen LogP contribution is -2.29. The van der Waals surface area contributed by atoms with E-state index in [1.165, 1.54) is 0 Å². The third-order valence-electron chi connectivity index (χ3n) is 2.92. The number of halogens is 1. The fourth-order valence-electron chi connectivity index (χ4n) is 1.99. The summed E-state index contributed by atoms with van der Waals surface area (Å²) in [6, 6.07) is 8.00. The molecule has 0 radical (unpaired) electrons. The average Bonchev–Trinajstić information content (AvgIpc) is 2.33. The molecule has 4 heteroatoms. The number of aryl methyl sites for hydroxylation is 1. The molecular weight excluding hydrogens is 306 g/mol. The van der Waals surface area contributed by atoms with Crippen molar-refractivity contribution in [2.75, 3.05) is 6.54 Å². The largest absolute Gasteiger partial charge is 0.393 e. The number of carbonyl (C=O) groups excluding carboxylic acids is 1. The SMILES string of the molecule is CC(O)CC(C)CNC(=O)CCc1cccc(Br)c1. The number of aliphatic hydroxyl groups is 1. The van der Waals surface area contributed by atoms with Crippen LogP contribution < -0.4 is 5.32 Å². The van der Waals surface area contributed by atoms with E-state index >= 15 is 0 Å². The molecule has 0 saturated heterocycles. The Morgan fingerprint density at radius 1 is 1.42 bits per heavy atom. The molecule has 1 rings (SSSR count). The molecule has 0 heterocycles. The monoisotopic (exact) mass is 327 g/mol. The van der Waals surface area contributed by atoms with Crippen molar-refractivity contribution < 1.29 is 9.90 Å². The van der Waals surface area contributed by atoms with Crippen molar-refractivity contribution in [1.82, 2.24) is 5.32 Å². The minimum atomic E-state index is -0.312. The van der Waals surface area contributed by atoms with Gasteiger partial charge in [-0.3, -0.25) is 4.79 Å². The number of benzene rings is 1. The standard InChI is InChI=1S/C15H22BrNO2/c1-11(8-12(2)18)10-17-15(19)7-6-13-4-3-5-14(16)9-13/h3-5,9,11-12,18H,6-8,10H2,1-2H3,(H,17,19). The summed E-state index contributed by atoms with van der Waals surface area (Å²) in [5.74, 6) is 0.368. The first-order valence-electron chi connectivity index (χ1n) is 6.66. The van der Waals surface area contributed by atoms with Crippen LogP contribution in [0.3, 0.4) is 0 Å². The van der Waals surface area contributed by atoms with Crippen molar-refractivity contribution in [3.05, 3.63) is 34.3 Å². The predicted molar refractivity (Wildman–Crippen MR) is 80.9 cm³/mol. The molecule has 19 heavy (non-hydrogen) atoms. The highest BCUT2D eigenvalue weighted by Crippen LogP contribution is 2.13. The number of amides is 1. The zero-order valence-corrected chi connectivity index (χ0v) is 13.1. The Bertz CT molecular complexity index is 407. The van der Waals surface area contributed by atoms with Gasteiger partial charge in [0.15, 0.2) is 0 Å². The zero-order valence-electron chi connectivity index (χ0n) is 11.5. The average molecular weight is 328 g/mol. The van der Waals surface area contributed by atoms with E-state index in [9.17, 15) is 9.90 Å². The van der Waals surface area contributed by atoms with Gasteiger partial charge in [-0.25, -0.2) is 0 Å². The lowest BCUT2D eigenvalue weighted by atomic mass is 10.0. The third kappa shape index (κ3) is 7.33. The summed E-state index contributed by atoms with van der Waals surface area (Å²) >= 11 is 3.42. The first-order valence-corrected chi connectivity index (χ1v) is 7.46. The highest BCUT2D eigenvalue weighted by molar-refractivity contribution is 9.10. The second kappa shape index (κ2) is 8.33. The van der Waals surface area contributed by atoms with Crippen LogP contribution in [-0.2, 0) is 11.2 Å². The van der Waals surface area contributed by atoms with Gasteiger partial charge in [0.2, 0.25) is 5.91 Å². The molecule has 0 spiro atoms. The molecule has 0 aliphatic carbocycles. The molecule has 106 valence electrons. The molecule has 0 fully saturated rings. The van der Waals surface area contributed by atoms with Crippen molar-refractivity contribution in [3.8, 4) is 0 Å². The van der Waals surface area contributed by atoms with Gasteiger partial charge in [0.25, 0.3) is 0 Å². The van der Waals surface area contributed by atoms with E-state index in [1.54, 1.807) is 6.92 Å². The third-order valence-corrected chi connectivity index (χ3v) is 3.41. The molecule has 1 aromatic carbocycles. The maximum absolute atomic E-state index is 11.7. The molecule has 2 N–H and O–H groups in total. The molecule has 0 aromatic heterocycles. The van der Waals surface area contributed by atoms with Gasteiger partial charge in [-0.2, -0.15) is 0 Å². The molecule has 1 aromatic rings. The Morgan fingerprint density at radius 2 is 2.16 bits per heavy atom. The van der Waals surface area contributed by atoms with E-state index in [0.717, 1.165) is 16.5 Å². The topological polar surface area (TPSA) is 49.3 Å². The fourth-order valence-corrected chi connectivity index (χ4v) is 2.44. The van der Waals surface area contributed by atoms with Crippen molar-refractivity contribution in [1.29, 1.82) is 0 Å². The van der Waals surface area contributed by atoms with E-state index in [4.69, 9.17) is 0 Å². The molecule has 0 bridgehead atoms. The van der Waals surface area contributed by atoms with E-state index in [2.05, 4.69) is 21.2 Å². The maximum Gasteiger partial charge on any atom is 0.220 e. The van der Waals surface area contributed by atoms with E-state index in [1.807, 2.05) is 31.2 Å². The number of hydrogen-bond donors (Lipinski definition) is 2. The molecule has 0 saturated carbocycles. The minimum absolute atomic E-state index is 0.0671. The van der Waals surface area contributed by atoms with Crippen molar-refractivity contribution in [2.24, 2.45) is 5.92 Å². The summed E-state index contributed by atoms with van der Waals surface area (Å²) in [7, 11) is 0. The first-order chi connectivity index (χ1) is 8.97. The molecule has 3 nitrogen and oxygen atoms in total. The van der Waals surface area contributed by atoms with Gasteiger partial charge < -0.3 is 10.4 Å². The Balaban J connectivity index is 2.25. The lowest BCUT2D eigenvalue weighted by Gasteiger charge is -2.14. The summed E-state index contributed by atoms with van der Waals surface area (Å²) in [4.78, 5) is 11.7. The number of hydrogen-bond acceptors (Lipinski definition) is 2. The molecule has 2 atom stereocenters.